The van der Waals surface area contributed by atoms with Crippen molar-refractivity contribution in [2.45, 2.75) is 32.0 Å². The molecule has 0 unspecified atom stereocenters. The quantitative estimate of drug-likeness (QED) is 0.547. The highest BCUT2D eigenvalue weighted by atomic mass is 35.5. The summed E-state index contributed by atoms with van der Waals surface area (Å²) in [5.41, 5.74) is 2.84. The van der Waals surface area contributed by atoms with E-state index >= 15 is 0 Å². The molecule has 1 N–H and O–H groups in total. The van der Waals surface area contributed by atoms with Crippen molar-refractivity contribution in [1.29, 1.82) is 0 Å². The fourth-order valence-electron chi connectivity index (χ4n) is 3.89. The number of piperidine rings is 1. The van der Waals surface area contributed by atoms with Crippen LogP contribution in [0, 0.1) is 0 Å². The number of benzene rings is 3. The Balaban J connectivity index is 1.29. The van der Waals surface area contributed by atoms with E-state index in [2.05, 4.69) is 22.3 Å². The highest BCUT2D eigenvalue weighted by Crippen LogP contribution is 2.18. The van der Waals surface area contributed by atoms with Crippen molar-refractivity contribution in [2.75, 3.05) is 13.1 Å². The van der Waals surface area contributed by atoms with Crippen molar-refractivity contribution >= 4 is 17.5 Å². The average Bonchev–Trinajstić information content (AvgIpc) is 2.81. The van der Waals surface area contributed by atoms with Crippen LogP contribution in [-0.4, -0.2) is 29.9 Å². The molecule has 5 heteroatoms. The molecule has 1 fully saturated rings. The van der Waals surface area contributed by atoms with Gasteiger partial charge >= 0.3 is 0 Å². The normalized spacial score (nSPS) is 14.9. The number of halogens is 1. The largest absolute Gasteiger partial charge is 0.489 e. The Morgan fingerprint density at radius 1 is 0.935 bits per heavy atom. The van der Waals surface area contributed by atoms with E-state index in [0.717, 1.165) is 48.8 Å². The van der Waals surface area contributed by atoms with Crippen LogP contribution in [0.2, 0.25) is 5.02 Å². The summed E-state index contributed by atoms with van der Waals surface area (Å²) in [6.07, 6.45) is 1.89. The van der Waals surface area contributed by atoms with Gasteiger partial charge in [0.15, 0.2) is 0 Å². The molecule has 4 nitrogen and oxygen atoms in total. The van der Waals surface area contributed by atoms with Gasteiger partial charge in [-0.25, -0.2) is 0 Å². The van der Waals surface area contributed by atoms with Gasteiger partial charge in [0.2, 0.25) is 0 Å². The van der Waals surface area contributed by atoms with Crippen LogP contribution in [0.4, 0.5) is 0 Å². The third-order valence-corrected chi connectivity index (χ3v) is 5.89. The molecule has 0 bridgehead atoms. The second-order valence-electron chi connectivity index (χ2n) is 7.91. The predicted molar refractivity (Wildman–Crippen MR) is 124 cm³/mol. The van der Waals surface area contributed by atoms with Gasteiger partial charge in [-0.2, -0.15) is 0 Å². The van der Waals surface area contributed by atoms with E-state index in [1.165, 1.54) is 5.56 Å². The highest BCUT2D eigenvalue weighted by molar-refractivity contribution is 6.30. The molecule has 0 aliphatic carbocycles. The molecule has 1 heterocycles. The second-order valence-corrected chi connectivity index (χ2v) is 8.35. The number of hydrogen-bond donors (Lipinski definition) is 1. The fourth-order valence-corrected chi connectivity index (χ4v) is 4.02. The molecule has 160 valence electrons. The molecule has 0 radical (unpaired) electrons. The Hall–Kier alpha value is -2.82. The minimum atomic E-state index is -0.0246. The Bertz CT molecular complexity index is 984. The van der Waals surface area contributed by atoms with Crippen molar-refractivity contribution in [1.82, 2.24) is 10.2 Å². The molecule has 1 aliphatic rings. The summed E-state index contributed by atoms with van der Waals surface area (Å²) < 4.78 is 5.86. The first kappa shape index (κ1) is 21.4. The van der Waals surface area contributed by atoms with Crippen LogP contribution < -0.4 is 10.1 Å². The molecule has 1 saturated heterocycles. The van der Waals surface area contributed by atoms with Crippen LogP contribution in [0.3, 0.4) is 0 Å². The zero-order valence-corrected chi connectivity index (χ0v) is 18.2. The first-order valence-electron chi connectivity index (χ1n) is 10.7. The number of nitrogens with zero attached hydrogens (tertiary/aromatic N) is 1. The van der Waals surface area contributed by atoms with Crippen LogP contribution in [0.1, 0.15) is 34.3 Å². The highest BCUT2D eigenvalue weighted by Gasteiger charge is 2.22. The Morgan fingerprint density at radius 3 is 2.35 bits per heavy atom. The topological polar surface area (TPSA) is 41.6 Å². The molecule has 0 saturated carbocycles. The molecule has 31 heavy (non-hydrogen) atoms. The third kappa shape index (κ3) is 6.09. The lowest BCUT2D eigenvalue weighted by Gasteiger charge is -2.32. The van der Waals surface area contributed by atoms with Gasteiger partial charge in [0.05, 0.1) is 0 Å². The first-order valence-corrected chi connectivity index (χ1v) is 11.1. The Morgan fingerprint density at radius 2 is 1.61 bits per heavy atom. The molecule has 1 amide bonds. The van der Waals surface area contributed by atoms with Crippen molar-refractivity contribution in [2.24, 2.45) is 0 Å². The molecular formula is C26H27ClN2O2. The van der Waals surface area contributed by atoms with E-state index in [4.69, 9.17) is 16.3 Å². The lowest BCUT2D eigenvalue weighted by Crippen LogP contribution is -2.44. The average molecular weight is 435 g/mol. The molecule has 1 aliphatic heterocycles. The SMILES string of the molecule is O=C(NC1CCN(Cc2ccc(Cl)cc2)CC1)c1ccccc1COc1ccccc1. The van der Waals surface area contributed by atoms with Crippen molar-refractivity contribution in [3.63, 3.8) is 0 Å². The maximum atomic E-state index is 13.0. The van der Waals surface area contributed by atoms with Crippen molar-refractivity contribution in [3.05, 3.63) is 101 Å². The summed E-state index contributed by atoms with van der Waals surface area (Å²) in [4.78, 5) is 15.4. The number of hydrogen-bond acceptors (Lipinski definition) is 3. The Kier molecular flexibility index (Phi) is 7.23. The number of ether oxygens (including phenoxy) is 1. The van der Waals surface area contributed by atoms with Gasteiger partial charge < -0.3 is 10.1 Å². The molecule has 4 rings (SSSR count). The minimum Gasteiger partial charge on any atom is -0.489 e. The number of nitrogens with one attached hydrogen (secondary N) is 1. The van der Waals surface area contributed by atoms with Gasteiger partial charge in [-0.15, -0.1) is 0 Å². The smallest absolute Gasteiger partial charge is 0.251 e. The molecule has 3 aromatic rings. The van der Waals surface area contributed by atoms with E-state index < -0.39 is 0 Å². The summed E-state index contributed by atoms with van der Waals surface area (Å²) in [6, 6.07) is 25.5. The van der Waals surface area contributed by atoms with Gasteiger partial charge in [0.1, 0.15) is 12.4 Å². The van der Waals surface area contributed by atoms with Gasteiger partial charge in [0.25, 0.3) is 5.91 Å². The van der Waals surface area contributed by atoms with Crippen LogP contribution in [0.15, 0.2) is 78.9 Å². The van der Waals surface area contributed by atoms with E-state index in [1.54, 1.807) is 0 Å². The number of carbonyl (C=O) groups is 1. The maximum Gasteiger partial charge on any atom is 0.251 e. The minimum absolute atomic E-state index is 0.0246. The summed E-state index contributed by atoms with van der Waals surface area (Å²) in [5, 5.41) is 3.99. The maximum absolute atomic E-state index is 13.0. The fraction of sp³-hybridized carbons (Fsp3) is 0.269. The third-order valence-electron chi connectivity index (χ3n) is 5.64. The summed E-state index contributed by atoms with van der Waals surface area (Å²) in [7, 11) is 0. The number of para-hydroxylation sites is 1. The monoisotopic (exact) mass is 434 g/mol. The summed E-state index contributed by atoms with van der Waals surface area (Å²) in [6.45, 7) is 3.21. The van der Waals surface area contributed by atoms with Crippen LogP contribution in [-0.2, 0) is 13.2 Å². The second kappa shape index (κ2) is 10.5. The van der Waals surface area contributed by atoms with Crippen LogP contribution in [0.5, 0.6) is 5.75 Å². The number of amides is 1. The van der Waals surface area contributed by atoms with Gasteiger partial charge in [-0.1, -0.05) is 60.1 Å². The number of rotatable bonds is 7. The lowest BCUT2D eigenvalue weighted by molar-refractivity contribution is 0.0906. The van der Waals surface area contributed by atoms with Gasteiger partial charge in [-0.3, -0.25) is 9.69 Å². The molecule has 0 atom stereocenters. The van der Waals surface area contributed by atoms with Crippen LogP contribution in [0.25, 0.3) is 0 Å². The Labute approximate surface area is 188 Å². The zero-order chi connectivity index (χ0) is 21.5. The predicted octanol–water partition coefficient (Wildman–Crippen LogP) is 5.31. The molecule has 0 aromatic heterocycles. The summed E-state index contributed by atoms with van der Waals surface area (Å²) >= 11 is 5.97. The lowest BCUT2D eigenvalue weighted by atomic mass is 10.0. The number of likely N-dealkylation sites (tertiary alicyclic amines) is 1. The summed E-state index contributed by atoms with van der Waals surface area (Å²) in [5.74, 6) is 0.772. The standard InChI is InChI=1S/C26H27ClN2O2/c27-22-12-10-20(11-13-22)18-29-16-14-23(15-17-29)28-26(30)25-9-5-4-6-21(25)19-31-24-7-2-1-3-8-24/h1-13,23H,14-19H2,(H,28,30). The molecule has 0 spiro atoms. The zero-order valence-electron chi connectivity index (χ0n) is 17.5. The van der Waals surface area contributed by atoms with E-state index in [9.17, 15) is 4.79 Å². The van der Waals surface area contributed by atoms with Crippen molar-refractivity contribution < 1.29 is 9.53 Å². The van der Waals surface area contributed by atoms with E-state index in [0.29, 0.717) is 12.2 Å². The van der Waals surface area contributed by atoms with Crippen molar-refractivity contribution in [3.8, 4) is 5.75 Å². The molecular weight excluding hydrogens is 408 g/mol. The molecule has 3 aromatic carbocycles. The van der Waals surface area contributed by atoms with E-state index in [1.807, 2.05) is 66.7 Å². The van der Waals surface area contributed by atoms with Gasteiger partial charge in [-0.05, 0) is 48.7 Å². The number of carbonyl (C=O) groups excluding carboxylic acids is 1. The van der Waals surface area contributed by atoms with E-state index in [-0.39, 0.29) is 11.9 Å². The first-order chi connectivity index (χ1) is 15.2. The van der Waals surface area contributed by atoms with Gasteiger partial charge in [0, 0.05) is 41.8 Å². The van der Waals surface area contributed by atoms with Crippen LogP contribution >= 0.6 is 11.6 Å².